The zero-order valence-corrected chi connectivity index (χ0v) is 18.6. The Morgan fingerprint density at radius 2 is 1.90 bits per heavy atom. The first-order valence-electron chi connectivity index (χ1n) is 10.5. The fourth-order valence-electron chi connectivity index (χ4n) is 3.94. The topological polar surface area (TPSA) is 72.7 Å². The van der Waals surface area contributed by atoms with Crippen molar-refractivity contribution in [3.05, 3.63) is 76.7 Å². The Morgan fingerprint density at radius 1 is 1.10 bits per heavy atom. The van der Waals surface area contributed by atoms with Crippen LogP contribution in [0.1, 0.15) is 39.8 Å². The van der Waals surface area contributed by atoms with Crippen molar-refractivity contribution < 1.29 is 4.79 Å². The monoisotopic (exact) mass is 413 g/mol. The Kier molecular flexibility index (Phi) is 5.55. The molecule has 0 radical (unpaired) electrons. The SMILES string of the molecule is Cc1ccc2nc(-c3ccccn3)cc(C(=O)N[C@@H](C)Cc3c(C)nn(C)c3C)c2c1. The van der Waals surface area contributed by atoms with Crippen molar-refractivity contribution >= 4 is 16.8 Å². The van der Waals surface area contributed by atoms with Crippen LogP contribution in [0.15, 0.2) is 48.7 Å². The van der Waals surface area contributed by atoms with Gasteiger partial charge >= 0.3 is 0 Å². The maximum absolute atomic E-state index is 13.3. The van der Waals surface area contributed by atoms with E-state index in [0.717, 1.165) is 40.0 Å². The Balaban J connectivity index is 1.68. The zero-order valence-electron chi connectivity index (χ0n) is 18.6. The third kappa shape index (κ3) is 4.19. The molecule has 0 saturated heterocycles. The van der Waals surface area contributed by atoms with Gasteiger partial charge in [-0.3, -0.25) is 14.5 Å². The summed E-state index contributed by atoms with van der Waals surface area (Å²) < 4.78 is 1.89. The van der Waals surface area contributed by atoms with Crippen molar-refractivity contribution in [2.24, 2.45) is 7.05 Å². The number of hydrogen-bond donors (Lipinski definition) is 1. The molecule has 6 nitrogen and oxygen atoms in total. The molecule has 0 aliphatic carbocycles. The van der Waals surface area contributed by atoms with Crippen LogP contribution < -0.4 is 5.32 Å². The molecule has 0 bridgehead atoms. The predicted molar refractivity (Wildman–Crippen MR) is 123 cm³/mol. The summed E-state index contributed by atoms with van der Waals surface area (Å²) in [6.45, 7) is 8.11. The van der Waals surface area contributed by atoms with E-state index in [9.17, 15) is 4.79 Å². The van der Waals surface area contributed by atoms with Gasteiger partial charge in [0.15, 0.2) is 0 Å². The van der Waals surface area contributed by atoms with Crippen molar-refractivity contribution in [2.75, 3.05) is 0 Å². The molecule has 1 amide bonds. The highest BCUT2D eigenvalue weighted by molar-refractivity contribution is 6.07. The summed E-state index contributed by atoms with van der Waals surface area (Å²) in [5, 5.41) is 8.51. The summed E-state index contributed by atoms with van der Waals surface area (Å²) in [6.07, 6.45) is 2.46. The van der Waals surface area contributed by atoms with Crippen LogP contribution in [0.2, 0.25) is 0 Å². The quantitative estimate of drug-likeness (QED) is 0.529. The number of nitrogens with one attached hydrogen (secondary N) is 1. The first kappa shape index (κ1) is 20.7. The lowest BCUT2D eigenvalue weighted by Crippen LogP contribution is -2.34. The van der Waals surface area contributed by atoms with Gasteiger partial charge in [-0.05, 0) is 70.0 Å². The van der Waals surface area contributed by atoms with Gasteiger partial charge in [0, 0.05) is 30.4 Å². The van der Waals surface area contributed by atoms with E-state index in [1.165, 1.54) is 5.56 Å². The van der Waals surface area contributed by atoms with Crippen molar-refractivity contribution in [2.45, 2.75) is 40.2 Å². The molecule has 0 saturated carbocycles. The normalized spacial score (nSPS) is 12.2. The molecular formula is C25H27N5O. The summed E-state index contributed by atoms with van der Waals surface area (Å²) in [5.41, 5.74) is 7.22. The minimum absolute atomic E-state index is 0.0413. The highest BCUT2D eigenvalue weighted by atomic mass is 16.1. The molecule has 4 aromatic rings. The second-order valence-electron chi connectivity index (χ2n) is 8.14. The van der Waals surface area contributed by atoms with Gasteiger partial charge in [0.25, 0.3) is 5.91 Å². The number of aromatic nitrogens is 4. The molecule has 0 fully saturated rings. The average Bonchev–Trinajstić information content (AvgIpc) is 2.99. The fraction of sp³-hybridized carbons (Fsp3) is 0.280. The molecule has 6 heteroatoms. The Bertz CT molecular complexity index is 1260. The van der Waals surface area contributed by atoms with Crippen LogP contribution in [-0.4, -0.2) is 31.7 Å². The summed E-state index contributed by atoms with van der Waals surface area (Å²) in [5.74, 6) is -0.109. The average molecular weight is 414 g/mol. The molecule has 3 aromatic heterocycles. The highest BCUT2D eigenvalue weighted by Crippen LogP contribution is 2.25. The minimum atomic E-state index is -0.109. The lowest BCUT2D eigenvalue weighted by Gasteiger charge is -2.16. The van der Waals surface area contributed by atoms with E-state index in [2.05, 4.69) is 22.3 Å². The van der Waals surface area contributed by atoms with E-state index in [1.54, 1.807) is 6.20 Å². The molecule has 4 rings (SSSR count). The summed E-state index contributed by atoms with van der Waals surface area (Å²) in [6, 6.07) is 13.5. The van der Waals surface area contributed by atoms with Crippen LogP contribution >= 0.6 is 0 Å². The second-order valence-corrected chi connectivity index (χ2v) is 8.14. The Morgan fingerprint density at radius 3 is 2.58 bits per heavy atom. The number of rotatable bonds is 5. The number of nitrogens with zero attached hydrogens (tertiary/aromatic N) is 4. The zero-order chi connectivity index (χ0) is 22.1. The molecule has 158 valence electrons. The van der Waals surface area contributed by atoms with Gasteiger partial charge in [-0.15, -0.1) is 0 Å². The fourth-order valence-corrected chi connectivity index (χ4v) is 3.94. The Labute approximate surface area is 182 Å². The summed E-state index contributed by atoms with van der Waals surface area (Å²) >= 11 is 0. The van der Waals surface area contributed by atoms with Gasteiger partial charge in [0.1, 0.15) is 0 Å². The van der Waals surface area contributed by atoms with Gasteiger partial charge in [0.05, 0.1) is 28.2 Å². The standard InChI is InChI=1S/C25H27N5O/c1-15-9-10-22-20(12-15)21(14-24(28-22)23-8-6-7-11-26-23)25(31)27-16(2)13-19-17(3)29-30(5)18(19)4/h6-12,14,16H,13H2,1-5H3,(H,27,31)/t16-/m0/s1. The first-order valence-corrected chi connectivity index (χ1v) is 10.5. The number of pyridine rings is 2. The number of carbonyl (C=O) groups excluding carboxylic acids is 1. The van der Waals surface area contributed by atoms with E-state index in [0.29, 0.717) is 11.3 Å². The van der Waals surface area contributed by atoms with Gasteiger partial charge in [-0.25, -0.2) is 4.98 Å². The number of carbonyl (C=O) groups is 1. The van der Waals surface area contributed by atoms with Crippen LogP contribution in [-0.2, 0) is 13.5 Å². The number of amides is 1. The van der Waals surface area contributed by atoms with Gasteiger partial charge in [-0.1, -0.05) is 17.7 Å². The molecule has 0 unspecified atom stereocenters. The predicted octanol–water partition coefficient (Wildman–Crippen LogP) is 4.32. The van der Waals surface area contributed by atoms with E-state index in [4.69, 9.17) is 4.98 Å². The molecule has 3 heterocycles. The third-order valence-corrected chi connectivity index (χ3v) is 5.68. The largest absolute Gasteiger partial charge is 0.349 e. The van der Waals surface area contributed by atoms with Crippen molar-refractivity contribution in [1.82, 2.24) is 25.1 Å². The maximum atomic E-state index is 13.3. The van der Waals surface area contributed by atoms with Crippen molar-refractivity contribution in [1.29, 1.82) is 0 Å². The molecular weight excluding hydrogens is 386 g/mol. The van der Waals surface area contributed by atoms with E-state index in [-0.39, 0.29) is 11.9 Å². The molecule has 0 aliphatic heterocycles. The lowest BCUT2D eigenvalue weighted by molar-refractivity contribution is 0.0941. The molecule has 0 aliphatic rings. The van der Waals surface area contributed by atoms with E-state index in [1.807, 2.05) is 75.0 Å². The summed E-state index contributed by atoms with van der Waals surface area (Å²) in [7, 11) is 1.94. The lowest BCUT2D eigenvalue weighted by atomic mass is 10.0. The Hall–Kier alpha value is -3.54. The number of hydrogen-bond acceptors (Lipinski definition) is 4. The van der Waals surface area contributed by atoms with Crippen LogP contribution in [0.5, 0.6) is 0 Å². The van der Waals surface area contributed by atoms with Crippen LogP contribution in [0.25, 0.3) is 22.3 Å². The van der Waals surface area contributed by atoms with Crippen LogP contribution in [0.4, 0.5) is 0 Å². The molecule has 1 N–H and O–H groups in total. The van der Waals surface area contributed by atoms with Crippen LogP contribution in [0, 0.1) is 20.8 Å². The molecule has 1 atom stereocenters. The molecule has 31 heavy (non-hydrogen) atoms. The second kappa shape index (κ2) is 8.30. The summed E-state index contributed by atoms with van der Waals surface area (Å²) in [4.78, 5) is 22.5. The molecule has 0 spiro atoms. The number of benzene rings is 1. The molecule has 1 aromatic carbocycles. The maximum Gasteiger partial charge on any atom is 0.252 e. The van der Waals surface area contributed by atoms with E-state index < -0.39 is 0 Å². The van der Waals surface area contributed by atoms with Gasteiger partial charge < -0.3 is 5.32 Å². The smallest absolute Gasteiger partial charge is 0.252 e. The van der Waals surface area contributed by atoms with Gasteiger partial charge in [-0.2, -0.15) is 5.10 Å². The van der Waals surface area contributed by atoms with Gasteiger partial charge in [0.2, 0.25) is 0 Å². The minimum Gasteiger partial charge on any atom is -0.349 e. The number of aryl methyl sites for hydroxylation is 3. The highest BCUT2D eigenvalue weighted by Gasteiger charge is 2.19. The van der Waals surface area contributed by atoms with Crippen molar-refractivity contribution in [3.8, 4) is 11.4 Å². The van der Waals surface area contributed by atoms with Crippen molar-refractivity contribution in [3.63, 3.8) is 0 Å². The third-order valence-electron chi connectivity index (χ3n) is 5.68. The van der Waals surface area contributed by atoms with Crippen LogP contribution in [0.3, 0.4) is 0 Å². The van der Waals surface area contributed by atoms with E-state index >= 15 is 0 Å². The first-order chi connectivity index (χ1) is 14.8. The number of fused-ring (bicyclic) bond motifs is 1.